The molecular weight excluding hydrogens is 290 g/mol. The van der Waals surface area contributed by atoms with Crippen molar-refractivity contribution in [2.45, 2.75) is 6.92 Å². The van der Waals surface area contributed by atoms with Crippen molar-refractivity contribution in [1.82, 2.24) is 0 Å². The smallest absolute Gasteiger partial charge is 0.255 e. The zero-order chi connectivity index (χ0) is 15.2. The van der Waals surface area contributed by atoms with Gasteiger partial charge in [0.15, 0.2) is 0 Å². The Labute approximate surface area is 128 Å². The molecule has 0 fully saturated rings. The highest BCUT2D eigenvalue weighted by molar-refractivity contribution is 6.31. The number of rotatable bonds is 5. The van der Waals surface area contributed by atoms with Crippen LogP contribution in [0.3, 0.4) is 0 Å². The summed E-state index contributed by atoms with van der Waals surface area (Å²) in [4.78, 5) is 12.1. The predicted molar refractivity (Wildman–Crippen MR) is 83.2 cm³/mol. The van der Waals surface area contributed by atoms with Gasteiger partial charge in [-0.3, -0.25) is 4.79 Å². The zero-order valence-corrected chi connectivity index (χ0v) is 12.4. The van der Waals surface area contributed by atoms with Gasteiger partial charge >= 0.3 is 0 Å². The molecular formula is C16H16ClNO3. The Morgan fingerprint density at radius 2 is 1.95 bits per heavy atom. The zero-order valence-electron chi connectivity index (χ0n) is 11.6. The van der Waals surface area contributed by atoms with E-state index in [1.165, 1.54) is 0 Å². The number of nitrogens with one attached hydrogen (secondary N) is 1. The van der Waals surface area contributed by atoms with Crippen LogP contribution in [-0.4, -0.2) is 24.2 Å². The summed E-state index contributed by atoms with van der Waals surface area (Å²) in [5.74, 6) is 0.422. The van der Waals surface area contributed by atoms with Gasteiger partial charge in [-0.25, -0.2) is 0 Å². The van der Waals surface area contributed by atoms with Crippen LogP contribution in [-0.2, 0) is 0 Å². The van der Waals surface area contributed by atoms with E-state index in [0.717, 1.165) is 5.56 Å². The molecule has 5 heteroatoms. The van der Waals surface area contributed by atoms with Crippen LogP contribution in [0, 0.1) is 6.92 Å². The SMILES string of the molecule is Cc1cc(Cl)cc(C(=O)Nc2ccc(OCCO)cc2)c1. The third-order valence-electron chi connectivity index (χ3n) is 2.78. The van der Waals surface area contributed by atoms with Crippen LogP contribution in [0.5, 0.6) is 5.75 Å². The number of hydrogen-bond acceptors (Lipinski definition) is 3. The van der Waals surface area contributed by atoms with Crippen LogP contribution < -0.4 is 10.1 Å². The number of benzene rings is 2. The molecule has 0 aromatic heterocycles. The van der Waals surface area contributed by atoms with Crippen molar-refractivity contribution in [3.05, 3.63) is 58.6 Å². The number of aliphatic hydroxyl groups excluding tert-OH is 1. The molecule has 0 aliphatic heterocycles. The minimum Gasteiger partial charge on any atom is -0.491 e. The van der Waals surface area contributed by atoms with E-state index in [1.54, 1.807) is 42.5 Å². The second kappa shape index (κ2) is 7.11. The van der Waals surface area contributed by atoms with Crippen LogP contribution in [0.2, 0.25) is 5.02 Å². The second-order valence-electron chi connectivity index (χ2n) is 4.57. The molecule has 110 valence electrons. The van der Waals surface area contributed by atoms with Crippen LogP contribution in [0.25, 0.3) is 0 Å². The predicted octanol–water partition coefficient (Wildman–Crippen LogP) is 3.27. The normalized spacial score (nSPS) is 10.2. The molecule has 21 heavy (non-hydrogen) atoms. The number of ether oxygens (including phenoxy) is 1. The first kappa shape index (κ1) is 15.4. The molecule has 0 aliphatic rings. The number of aryl methyl sites for hydroxylation is 1. The molecule has 2 aromatic carbocycles. The molecule has 1 amide bonds. The van der Waals surface area contributed by atoms with Crippen LogP contribution in [0.15, 0.2) is 42.5 Å². The number of aliphatic hydroxyl groups is 1. The lowest BCUT2D eigenvalue weighted by molar-refractivity contribution is 0.102. The Morgan fingerprint density at radius 3 is 2.57 bits per heavy atom. The molecule has 0 saturated heterocycles. The van der Waals surface area contributed by atoms with Gasteiger partial charge in [0.2, 0.25) is 0 Å². The van der Waals surface area contributed by atoms with Gasteiger partial charge in [0, 0.05) is 16.3 Å². The molecule has 0 atom stereocenters. The van der Waals surface area contributed by atoms with Crippen molar-refractivity contribution in [2.75, 3.05) is 18.5 Å². The van der Waals surface area contributed by atoms with E-state index in [-0.39, 0.29) is 19.1 Å². The second-order valence-corrected chi connectivity index (χ2v) is 5.00. The third kappa shape index (κ3) is 4.48. The van der Waals surface area contributed by atoms with Gasteiger partial charge in [0.1, 0.15) is 12.4 Å². The maximum atomic E-state index is 12.1. The fourth-order valence-electron chi connectivity index (χ4n) is 1.87. The summed E-state index contributed by atoms with van der Waals surface area (Å²) in [6.07, 6.45) is 0. The van der Waals surface area contributed by atoms with Gasteiger partial charge in [-0.2, -0.15) is 0 Å². The van der Waals surface area contributed by atoms with Crippen LogP contribution in [0.4, 0.5) is 5.69 Å². The largest absolute Gasteiger partial charge is 0.491 e. The van der Waals surface area contributed by atoms with Gasteiger partial charge in [0.05, 0.1) is 6.61 Å². The van der Waals surface area contributed by atoms with E-state index in [1.807, 2.05) is 6.92 Å². The van der Waals surface area contributed by atoms with Gasteiger partial charge < -0.3 is 15.2 Å². The summed E-state index contributed by atoms with van der Waals surface area (Å²) >= 11 is 5.95. The summed E-state index contributed by atoms with van der Waals surface area (Å²) in [7, 11) is 0. The van der Waals surface area contributed by atoms with Gasteiger partial charge in [-0.05, 0) is 55.0 Å². The molecule has 0 aliphatic carbocycles. The lowest BCUT2D eigenvalue weighted by Gasteiger charge is -2.08. The fraction of sp³-hybridized carbons (Fsp3) is 0.188. The quantitative estimate of drug-likeness (QED) is 0.891. The minimum atomic E-state index is -0.218. The van der Waals surface area contributed by atoms with E-state index in [2.05, 4.69) is 5.32 Å². The van der Waals surface area contributed by atoms with Crippen molar-refractivity contribution in [3.63, 3.8) is 0 Å². The van der Waals surface area contributed by atoms with Gasteiger partial charge in [0.25, 0.3) is 5.91 Å². The first-order valence-electron chi connectivity index (χ1n) is 6.51. The Balaban J connectivity index is 2.05. The van der Waals surface area contributed by atoms with Gasteiger partial charge in [-0.15, -0.1) is 0 Å². The number of halogens is 1. The Morgan fingerprint density at radius 1 is 1.24 bits per heavy atom. The fourth-order valence-corrected chi connectivity index (χ4v) is 2.16. The molecule has 0 heterocycles. The molecule has 2 N–H and O–H groups in total. The number of carbonyl (C=O) groups excluding carboxylic acids is 1. The standard InChI is InChI=1S/C16H16ClNO3/c1-11-8-12(10-13(17)9-11)16(20)18-14-2-4-15(5-3-14)21-7-6-19/h2-5,8-10,19H,6-7H2,1H3,(H,18,20). The van der Waals surface area contributed by atoms with E-state index < -0.39 is 0 Å². The van der Waals surface area contributed by atoms with E-state index in [4.69, 9.17) is 21.4 Å². The minimum absolute atomic E-state index is 0.0351. The Hall–Kier alpha value is -2.04. The topological polar surface area (TPSA) is 58.6 Å². The average molecular weight is 306 g/mol. The summed E-state index contributed by atoms with van der Waals surface area (Å²) in [6, 6.07) is 12.1. The first-order chi connectivity index (χ1) is 10.1. The molecule has 0 unspecified atom stereocenters. The number of carbonyl (C=O) groups is 1. The molecule has 0 radical (unpaired) electrons. The van der Waals surface area contributed by atoms with Crippen molar-refractivity contribution in [2.24, 2.45) is 0 Å². The van der Waals surface area contributed by atoms with Crippen molar-refractivity contribution in [3.8, 4) is 5.75 Å². The highest BCUT2D eigenvalue weighted by Gasteiger charge is 2.08. The maximum absolute atomic E-state index is 12.1. The highest BCUT2D eigenvalue weighted by atomic mass is 35.5. The van der Waals surface area contributed by atoms with E-state index in [0.29, 0.717) is 22.0 Å². The number of anilines is 1. The molecule has 0 saturated carbocycles. The van der Waals surface area contributed by atoms with Crippen molar-refractivity contribution >= 4 is 23.2 Å². The summed E-state index contributed by atoms with van der Waals surface area (Å²) < 4.78 is 5.25. The van der Waals surface area contributed by atoms with Crippen molar-refractivity contribution < 1.29 is 14.6 Å². The number of hydrogen-bond donors (Lipinski definition) is 2. The monoisotopic (exact) mass is 305 g/mol. The van der Waals surface area contributed by atoms with E-state index in [9.17, 15) is 4.79 Å². The summed E-state index contributed by atoms with van der Waals surface area (Å²) in [5.41, 5.74) is 2.11. The number of amides is 1. The summed E-state index contributed by atoms with van der Waals surface area (Å²) in [5, 5.41) is 12.0. The van der Waals surface area contributed by atoms with Crippen molar-refractivity contribution in [1.29, 1.82) is 0 Å². The molecule has 0 spiro atoms. The lowest BCUT2D eigenvalue weighted by atomic mass is 10.1. The van der Waals surface area contributed by atoms with Crippen LogP contribution in [0.1, 0.15) is 15.9 Å². The van der Waals surface area contributed by atoms with Crippen LogP contribution >= 0.6 is 11.6 Å². The third-order valence-corrected chi connectivity index (χ3v) is 2.99. The molecule has 2 rings (SSSR count). The van der Waals surface area contributed by atoms with E-state index >= 15 is 0 Å². The van der Waals surface area contributed by atoms with Gasteiger partial charge in [-0.1, -0.05) is 11.6 Å². The maximum Gasteiger partial charge on any atom is 0.255 e. The average Bonchev–Trinajstić information content (AvgIpc) is 2.45. The Bertz CT molecular complexity index is 606. The highest BCUT2D eigenvalue weighted by Crippen LogP contribution is 2.18. The molecule has 2 aromatic rings. The summed E-state index contributed by atoms with van der Waals surface area (Å²) in [6.45, 7) is 2.09. The Kier molecular flexibility index (Phi) is 5.20. The molecule has 4 nitrogen and oxygen atoms in total. The lowest BCUT2D eigenvalue weighted by Crippen LogP contribution is -2.12. The first-order valence-corrected chi connectivity index (χ1v) is 6.88. The molecule has 0 bridgehead atoms.